The first kappa shape index (κ1) is 20.7. The van der Waals surface area contributed by atoms with Crippen LogP contribution in [0.25, 0.3) is 0 Å². The van der Waals surface area contributed by atoms with Crippen molar-refractivity contribution in [3.8, 4) is 0 Å². The van der Waals surface area contributed by atoms with Gasteiger partial charge in [0, 0.05) is 0 Å². The summed E-state index contributed by atoms with van der Waals surface area (Å²) in [5.41, 5.74) is 0. The van der Waals surface area contributed by atoms with Crippen LogP contribution in [0, 0.1) is 0 Å². The van der Waals surface area contributed by atoms with Crippen LogP contribution in [0.3, 0.4) is 0 Å². The molecule has 0 aromatic heterocycles. The van der Waals surface area contributed by atoms with E-state index in [1.54, 1.807) is 0 Å². The number of ether oxygens (including phenoxy) is 1. The lowest BCUT2D eigenvalue weighted by Crippen LogP contribution is -1.92. The summed E-state index contributed by atoms with van der Waals surface area (Å²) in [5, 5.41) is 0. The van der Waals surface area contributed by atoms with Crippen LogP contribution >= 0.6 is 0 Å². The summed E-state index contributed by atoms with van der Waals surface area (Å²) in [6.45, 7) is 3.80. The third-order valence-electron chi connectivity index (χ3n) is 4.29. The second kappa shape index (κ2) is 16.5. The Hall–Kier alpha value is -1.31. The average molecular weight is 332 g/mol. The van der Waals surface area contributed by atoms with Crippen molar-refractivity contribution in [3.63, 3.8) is 0 Å². The van der Waals surface area contributed by atoms with E-state index in [1.807, 2.05) is 18.2 Å². The molecule has 0 fully saturated rings. The molecule has 2 nitrogen and oxygen atoms in total. The van der Waals surface area contributed by atoms with E-state index < -0.39 is 0 Å². The Kier molecular flexibility index (Phi) is 14.3. The molecular weight excluding hydrogens is 294 g/mol. The molecule has 1 heterocycles. The van der Waals surface area contributed by atoms with Gasteiger partial charge in [-0.05, 0) is 18.9 Å². The zero-order valence-electron chi connectivity index (χ0n) is 15.7. The van der Waals surface area contributed by atoms with E-state index in [1.165, 1.54) is 77.0 Å². The molecule has 136 valence electrons. The van der Waals surface area contributed by atoms with Gasteiger partial charge in [-0.2, -0.15) is 0 Å². The molecule has 24 heavy (non-hydrogen) atoms. The summed E-state index contributed by atoms with van der Waals surface area (Å²) in [5.74, 6) is 0.754. The highest BCUT2D eigenvalue weighted by Crippen LogP contribution is 2.12. The van der Waals surface area contributed by atoms with Crippen LogP contribution in [0.1, 0.15) is 84.0 Å². The molecule has 0 saturated heterocycles. The summed E-state index contributed by atoms with van der Waals surface area (Å²) in [6.07, 6.45) is 29.1. The van der Waals surface area contributed by atoms with Crippen LogP contribution in [0.2, 0.25) is 0 Å². The summed E-state index contributed by atoms with van der Waals surface area (Å²) >= 11 is 0. The van der Waals surface area contributed by atoms with Crippen LogP contribution in [0.4, 0.5) is 0 Å². The fraction of sp³-hybridized carbons (Fsp3) is 0.682. The highest BCUT2D eigenvalue weighted by molar-refractivity contribution is 5.88. The van der Waals surface area contributed by atoms with Gasteiger partial charge in [0.25, 0.3) is 0 Å². The van der Waals surface area contributed by atoms with Gasteiger partial charge in [0.05, 0.1) is 6.54 Å². The fourth-order valence-corrected chi connectivity index (χ4v) is 2.82. The summed E-state index contributed by atoms with van der Waals surface area (Å²) in [7, 11) is 0. The Bertz CT molecular complexity index is 393. The van der Waals surface area contributed by atoms with Crippen molar-refractivity contribution in [1.82, 2.24) is 0 Å². The van der Waals surface area contributed by atoms with Gasteiger partial charge in [0.2, 0.25) is 5.90 Å². The quantitative estimate of drug-likeness (QED) is 0.239. The molecule has 0 spiro atoms. The molecule has 0 amide bonds. The van der Waals surface area contributed by atoms with E-state index in [2.05, 4.69) is 30.1 Å². The van der Waals surface area contributed by atoms with Crippen molar-refractivity contribution >= 4 is 5.90 Å². The summed E-state index contributed by atoms with van der Waals surface area (Å²) in [4.78, 5) is 4.20. The van der Waals surface area contributed by atoms with Crippen LogP contribution in [-0.4, -0.2) is 19.0 Å². The maximum Gasteiger partial charge on any atom is 0.208 e. The summed E-state index contributed by atoms with van der Waals surface area (Å²) < 4.78 is 5.29. The summed E-state index contributed by atoms with van der Waals surface area (Å²) in [6, 6.07) is 0. The number of nitrogens with zero attached hydrogens (tertiary/aromatic N) is 1. The third-order valence-corrected chi connectivity index (χ3v) is 4.29. The predicted molar refractivity (Wildman–Crippen MR) is 107 cm³/mol. The van der Waals surface area contributed by atoms with Gasteiger partial charge >= 0.3 is 0 Å². The SMILES string of the molecule is CCCCCCCCCCCCCC=CC=CC=CC1=NCCO1. The maximum absolute atomic E-state index is 5.29. The minimum absolute atomic E-state index is 0.724. The first-order chi connectivity index (χ1) is 11.9. The standard InChI is InChI=1S/C22H37NO/c1-2-3-4-5-6-7-8-9-10-11-12-13-14-15-16-17-18-19-22-23-20-21-24-22/h14-19H,2-13,20-21H2,1H3. The van der Waals surface area contributed by atoms with Crippen molar-refractivity contribution in [2.45, 2.75) is 84.0 Å². The van der Waals surface area contributed by atoms with Gasteiger partial charge in [-0.15, -0.1) is 0 Å². The first-order valence-electron chi connectivity index (χ1n) is 10.1. The Balaban J connectivity index is 1.81. The number of allylic oxidation sites excluding steroid dienone is 5. The molecule has 0 saturated carbocycles. The van der Waals surface area contributed by atoms with Crippen molar-refractivity contribution in [2.75, 3.05) is 13.2 Å². The van der Waals surface area contributed by atoms with Gasteiger partial charge in [0.15, 0.2) is 0 Å². The van der Waals surface area contributed by atoms with Crippen LogP contribution in [0.5, 0.6) is 0 Å². The highest BCUT2D eigenvalue weighted by Gasteiger charge is 2.00. The molecule has 2 heteroatoms. The zero-order chi connectivity index (χ0) is 17.1. The molecule has 1 aliphatic heterocycles. The normalized spacial score (nSPS) is 15.0. The van der Waals surface area contributed by atoms with Gasteiger partial charge in [-0.25, -0.2) is 4.99 Å². The Labute approximate surface area is 149 Å². The third kappa shape index (κ3) is 13.2. The van der Waals surface area contributed by atoms with E-state index >= 15 is 0 Å². The number of unbranched alkanes of at least 4 members (excludes halogenated alkanes) is 11. The first-order valence-corrected chi connectivity index (χ1v) is 10.1. The number of hydrogen-bond acceptors (Lipinski definition) is 2. The van der Waals surface area contributed by atoms with Crippen LogP contribution < -0.4 is 0 Å². The van der Waals surface area contributed by atoms with Gasteiger partial charge in [-0.3, -0.25) is 0 Å². The molecule has 0 unspecified atom stereocenters. The molecular formula is C22H37NO. The molecule has 0 atom stereocenters. The number of hydrogen-bond donors (Lipinski definition) is 0. The monoisotopic (exact) mass is 331 g/mol. The second-order valence-corrected chi connectivity index (χ2v) is 6.56. The van der Waals surface area contributed by atoms with E-state index in [9.17, 15) is 0 Å². The van der Waals surface area contributed by atoms with E-state index in [4.69, 9.17) is 4.74 Å². The molecule has 0 N–H and O–H groups in total. The molecule has 0 aromatic rings. The lowest BCUT2D eigenvalue weighted by molar-refractivity contribution is 0.350. The largest absolute Gasteiger partial charge is 0.476 e. The minimum Gasteiger partial charge on any atom is -0.476 e. The van der Waals surface area contributed by atoms with Crippen LogP contribution in [0.15, 0.2) is 41.4 Å². The lowest BCUT2D eigenvalue weighted by atomic mass is 10.1. The molecule has 1 rings (SSSR count). The molecule has 0 bridgehead atoms. The van der Waals surface area contributed by atoms with Crippen molar-refractivity contribution < 1.29 is 4.74 Å². The second-order valence-electron chi connectivity index (χ2n) is 6.56. The molecule has 1 aliphatic rings. The fourth-order valence-electron chi connectivity index (χ4n) is 2.82. The highest BCUT2D eigenvalue weighted by atomic mass is 16.5. The molecule has 0 aliphatic carbocycles. The topological polar surface area (TPSA) is 21.6 Å². The maximum atomic E-state index is 5.29. The van der Waals surface area contributed by atoms with Crippen molar-refractivity contribution in [2.24, 2.45) is 4.99 Å². The van der Waals surface area contributed by atoms with Gasteiger partial charge in [0.1, 0.15) is 6.61 Å². The Morgan fingerprint density at radius 1 is 0.792 bits per heavy atom. The predicted octanol–water partition coefficient (Wildman–Crippen LogP) is 6.78. The zero-order valence-corrected chi connectivity index (χ0v) is 15.7. The van der Waals surface area contributed by atoms with Crippen LogP contribution in [-0.2, 0) is 4.74 Å². The van der Waals surface area contributed by atoms with Crippen molar-refractivity contribution in [3.05, 3.63) is 36.5 Å². The lowest BCUT2D eigenvalue weighted by Gasteiger charge is -2.01. The number of rotatable bonds is 15. The smallest absolute Gasteiger partial charge is 0.208 e. The minimum atomic E-state index is 0.724. The van der Waals surface area contributed by atoms with Gasteiger partial charge < -0.3 is 4.74 Å². The molecule has 0 radical (unpaired) electrons. The molecule has 0 aromatic carbocycles. The van der Waals surface area contributed by atoms with E-state index in [-0.39, 0.29) is 0 Å². The Morgan fingerprint density at radius 3 is 2.04 bits per heavy atom. The Morgan fingerprint density at radius 2 is 1.42 bits per heavy atom. The number of aliphatic imine (C=N–C) groups is 1. The van der Waals surface area contributed by atoms with E-state index in [0.717, 1.165) is 19.0 Å². The van der Waals surface area contributed by atoms with E-state index in [0.29, 0.717) is 0 Å². The van der Waals surface area contributed by atoms with Crippen molar-refractivity contribution in [1.29, 1.82) is 0 Å². The van der Waals surface area contributed by atoms with Gasteiger partial charge in [-0.1, -0.05) is 102 Å². The average Bonchev–Trinajstić information content (AvgIpc) is 3.11.